The summed E-state index contributed by atoms with van der Waals surface area (Å²) in [7, 11) is 0. The summed E-state index contributed by atoms with van der Waals surface area (Å²) in [4.78, 5) is 0. The van der Waals surface area contributed by atoms with Crippen LogP contribution in [0.15, 0.2) is 0 Å². The number of hydrogen-bond acceptors (Lipinski definition) is 4. The van der Waals surface area contributed by atoms with Gasteiger partial charge in [-0.05, 0) is 46.6 Å². The van der Waals surface area contributed by atoms with E-state index in [4.69, 9.17) is 5.11 Å². The van der Waals surface area contributed by atoms with Crippen LogP contribution in [0.3, 0.4) is 0 Å². The molecule has 0 amide bonds. The maximum absolute atomic E-state index is 12.1. The van der Waals surface area contributed by atoms with E-state index in [-0.39, 0.29) is 23.6 Å². The zero-order chi connectivity index (χ0) is 13.3. The van der Waals surface area contributed by atoms with Crippen molar-refractivity contribution in [3.63, 3.8) is 0 Å². The first-order valence-corrected chi connectivity index (χ1v) is 6.19. The Labute approximate surface area is 103 Å². The lowest BCUT2D eigenvalue weighted by Gasteiger charge is -2.33. The number of hydrogen-bond donors (Lipinski definition) is 3. The molecule has 1 radical (unpaired) electrons. The topological polar surface area (TPSA) is 75.6 Å². The molecule has 1 fully saturated rings. The number of nitrogens with one attached hydrogen (secondary N) is 1. The molecule has 101 valence electrons. The second kappa shape index (κ2) is 5.20. The van der Waals surface area contributed by atoms with Gasteiger partial charge in [0.05, 0.1) is 12.7 Å². The Morgan fingerprint density at radius 3 is 2.41 bits per heavy atom. The summed E-state index contributed by atoms with van der Waals surface area (Å²) in [5.41, 5.74) is -0.716. The summed E-state index contributed by atoms with van der Waals surface area (Å²) in [6, 6.07) is 0. The molecule has 17 heavy (non-hydrogen) atoms. The van der Waals surface area contributed by atoms with Crippen LogP contribution in [0, 0.1) is 5.92 Å². The molecule has 0 spiro atoms. The van der Waals surface area contributed by atoms with E-state index in [1.165, 1.54) is 5.06 Å². The maximum Gasteiger partial charge on any atom is 0.0894 e. The molecule has 1 rings (SSSR count). The van der Waals surface area contributed by atoms with Gasteiger partial charge in [0.2, 0.25) is 0 Å². The third kappa shape index (κ3) is 3.17. The molecule has 1 saturated heterocycles. The number of nitrogens with zero attached hydrogens (tertiary/aromatic N) is 1. The zero-order valence-electron chi connectivity index (χ0n) is 11.2. The molecular formula is C12H25N2O3. The molecule has 5 nitrogen and oxygen atoms in total. The largest absolute Gasteiger partial charge is 0.394 e. The molecule has 0 aromatic rings. The van der Waals surface area contributed by atoms with Gasteiger partial charge in [-0.25, -0.2) is 0 Å². The van der Waals surface area contributed by atoms with Crippen molar-refractivity contribution in [3.8, 4) is 0 Å². The van der Waals surface area contributed by atoms with E-state index < -0.39 is 6.10 Å². The Bertz CT molecular complexity index is 256. The Morgan fingerprint density at radius 2 is 2.00 bits per heavy atom. The van der Waals surface area contributed by atoms with Gasteiger partial charge >= 0.3 is 0 Å². The monoisotopic (exact) mass is 245 g/mol. The fourth-order valence-corrected chi connectivity index (χ4v) is 2.69. The van der Waals surface area contributed by atoms with Gasteiger partial charge in [-0.2, -0.15) is 0 Å². The summed E-state index contributed by atoms with van der Waals surface area (Å²) >= 11 is 0. The van der Waals surface area contributed by atoms with Gasteiger partial charge in [-0.3, -0.25) is 0 Å². The third-order valence-electron chi connectivity index (χ3n) is 3.80. The lowest BCUT2D eigenvalue weighted by Crippen LogP contribution is -2.48. The molecule has 0 aromatic carbocycles. The van der Waals surface area contributed by atoms with Crippen molar-refractivity contribution in [1.82, 2.24) is 10.4 Å². The molecule has 5 heteroatoms. The molecule has 0 bridgehead atoms. The van der Waals surface area contributed by atoms with Crippen molar-refractivity contribution in [2.75, 3.05) is 19.7 Å². The van der Waals surface area contributed by atoms with E-state index in [9.17, 15) is 10.3 Å². The molecule has 1 aliphatic heterocycles. The third-order valence-corrected chi connectivity index (χ3v) is 3.80. The Balaban J connectivity index is 2.50. The molecular weight excluding hydrogens is 220 g/mol. The first kappa shape index (κ1) is 14.9. The lowest BCUT2D eigenvalue weighted by molar-refractivity contribution is -0.248. The summed E-state index contributed by atoms with van der Waals surface area (Å²) < 4.78 is 0. The van der Waals surface area contributed by atoms with Crippen LogP contribution in [-0.4, -0.2) is 52.2 Å². The smallest absolute Gasteiger partial charge is 0.0894 e. The molecule has 0 aromatic heterocycles. The summed E-state index contributed by atoms with van der Waals surface area (Å²) in [6.07, 6.45) is 0.113. The molecule has 0 aliphatic carbocycles. The fourth-order valence-electron chi connectivity index (χ4n) is 2.69. The van der Waals surface area contributed by atoms with Gasteiger partial charge in [0.1, 0.15) is 0 Å². The standard InChI is InChI=1S/C12H25N2O3/c1-11(2)5-9(12(3,4)14(11)17)6-13-7-10(16)8-15/h9-10,13,15-16H,5-8H2,1-4H3. The highest BCUT2D eigenvalue weighted by Crippen LogP contribution is 2.43. The number of rotatable bonds is 5. The van der Waals surface area contributed by atoms with E-state index in [1.807, 2.05) is 27.7 Å². The zero-order valence-corrected chi connectivity index (χ0v) is 11.2. The average Bonchev–Trinajstić information content (AvgIpc) is 2.39. The van der Waals surface area contributed by atoms with Crippen LogP contribution < -0.4 is 5.32 Å². The van der Waals surface area contributed by atoms with E-state index in [0.717, 1.165) is 6.42 Å². The van der Waals surface area contributed by atoms with Crippen molar-refractivity contribution in [2.24, 2.45) is 5.92 Å². The van der Waals surface area contributed by atoms with Crippen molar-refractivity contribution in [2.45, 2.75) is 51.3 Å². The normalized spacial score (nSPS) is 29.5. The molecule has 3 N–H and O–H groups in total. The molecule has 1 heterocycles. The molecule has 1 aliphatic rings. The van der Waals surface area contributed by atoms with Crippen LogP contribution in [0.5, 0.6) is 0 Å². The minimum atomic E-state index is -0.726. The SMILES string of the molecule is CC1(C)CC(CNCC(O)CO)C(C)(C)N1[O]. The predicted molar refractivity (Wildman–Crippen MR) is 64.8 cm³/mol. The Morgan fingerprint density at radius 1 is 1.41 bits per heavy atom. The van der Waals surface area contributed by atoms with Gasteiger partial charge in [0.25, 0.3) is 0 Å². The highest BCUT2D eigenvalue weighted by Gasteiger charge is 2.51. The second-order valence-corrected chi connectivity index (χ2v) is 6.16. The van der Waals surface area contributed by atoms with E-state index in [0.29, 0.717) is 13.1 Å². The molecule has 0 saturated carbocycles. The lowest BCUT2D eigenvalue weighted by atomic mass is 9.87. The van der Waals surface area contributed by atoms with Crippen molar-refractivity contribution in [1.29, 1.82) is 0 Å². The Hall–Kier alpha value is -0.200. The van der Waals surface area contributed by atoms with Gasteiger partial charge in [-0.15, -0.1) is 10.3 Å². The van der Waals surface area contributed by atoms with Gasteiger partial charge < -0.3 is 15.5 Å². The van der Waals surface area contributed by atoms with E-state index in [1.54, 1.807) is 0 Å². The van der Waals surface area contributed by atoms with Crippen LogP contribution in [-0.2, 0) is 5.21 Å². The fraction of sp³-hybridized carbons (Fsp3) is 1.00. The summed E-state index contributed by atoms with van der Waals surface area (Å²) in [5.74, 6) is 0.251. The minimum Gasteiger partial charge on any atom is -0.394 e. The van der Waals surface area contributed by atoms with Crippen molar-refractivity contribution < 1.29 is 15.4 Å². The summed E-state index contributed by atoms with van der Waals surface area (Å²) in [5, 5.41) is 34.4. The van der Waals surface area contributed by atoms with Gasteiger partial charge in [0.15, 0.2) is 0 Å². The first-order chi connectivity index (χ1) is 7.71. The van der Waals surface area contributed by atoms with Crippen LogP contribution in [0.25, 0.3) is 0 Å². The molecule has 2 atom stereocenters. The highest BCUT2D eigenvalue weighted by molar-refractivity contribution is 5.02. The van der Waals surface area contributed by atoms with Gasteiger partial charge in [0, 0.05) is 17.6 Å². The Kier molecular flexibility index (Phi) is 4.54. The minimum absolute atomic E-state index is 0.236. The first-order valence-electron chi connectivity index (χ1n) is 6.19. The highest BCUT2D eigenvalue weighted by atomic mass is 16.5. The van der Waals surface area contributed by atoms with Crippen LogP contribution >= 0.6 is 0 Å². The quantitative estimate of drug-likeness (QED) is 0.644. The van der Waals surface area contributed by atoms with E-state index >= 15 is 0 Å². The van der Waals surface area contributed by atoms with Crippen molar-refractivity contribution in [3.05, 3.63) is 0 Å². The predicted octanol–water partition coefficient (Wildman–Crippen LogP) is 0.154. The summed E-state index contributed by atoms with van der Waals surface area (Å²) in [6.45, 7) is 8.66. The molecule has 2 unspecified atom stereocenters. The maximum atomic E-state index is 12.1. The number of aliphatic hydroxyl groups excluding tert-OH is 2. The van der Waals surface area contributed by atoms with Gasteiger partial charge in [-0.1, -0.05) is 0 Å². The average molecular weight is 245 g/mol. The number of aliphatic hydroxyl groups is 2. The van der Waals surface area contributed by atoms with E-state index in [2.05, 4.69) is 5.32 Å². The van der Waals surface area contributed by atoms with Crippen LogP contribution in [0.2, 0.25) is 0 Å². The van der Waals surface area contributed by atoms with Crippen LogP contribution in [0.1, 0.15) is 34.1 Å². The second-order valence-electron chi connectivity index (χ2n) is 6.16. The van der Waals surface area contributed by atoms with Crippen molar-refractivity contribution >= 4 is 0 Å². The number of hydroxylamine groups is 2. The van der Waals surface area contributed by atoms with Crippen LogP contribution in [0.4, 0.5) is 0 Å².